The molecule has 1 unspecified atom stereocenters. The fourth-order valence-corrected chi connectivity index (χ4v) is 1.97. The molecule has 1 saturated carbocycles. The molecule has 1 aliphatic rings. The Morgan fingerprint density at radius 2 is 1.72 bits per heavy atom. The van der Waals surface area contributed by atoms with Gasteiger partial charge in [0, 0.05) is 5.69 Å². The smallest absolute Gasteiger partial charge is 0.103 e. The van der Waals surface area contributed by atoms with E-state index in [1.807, 2.05) is 34.6 Å². The third-order valence-electron chi connectivity index (χ3n) is 3.46. The van der Waals surface area contributed by atoms with Crippen LogP contribution in [0.25, 0.3) is 0 Å². The van der Waals surface area contributed by atoms with Crippen LogP contribution in [-0.2, 0) is 0 Å². The van der Waals surface area contributed by atoms with Crippen molar-refractivity contribution in [2.75, 3.05) is 0 Å². The predicted molar refractivity (Wildman–Crippen MR) is 75.7 cm³/mol. The summed E-state index contributed by atoms with van der Waals surface area (Å²) in [6, 6.07) is 0.583. The molecular formula is C15H28N2O. The zero-order valence-corrected chi connectivity index (χ0v) is 12.9. The molecule has 0 radical (unpaired) electrons. The van der Waals surface area contributed by atoms with Gasteiger partial charge in [0.1, 0.15) is 6.10 Å². The van der Waals surface area contributed by atoms with E-state index in [0.29, 0.717) is 6.04 Å². The van der Waals surface area contributed by atoms with Gasteiger partial charge in [-0.15, -0.1) is 0 Å². The first-order valence-electron chi connectivity index (χ1n) is 7.06. The standard InChI is InChI=1S/C13H22N2O.C2H6/c1-8-9(2)15(10-6-7-10)14-11(8)12(16)13(3,4)5;1-2/h10,12,16H,6-7H2,1-5H3;1-2H3. The van der Waals surface area contributed by atoms with Crippen LogP contribution in [0.1, 0.15) is 76.6 Å². The maximum atomic E-state index is 10.3. The number of rotatable bonds is 2. The average Bonchev–Trinajstić information content (AvgIpc) is 3.10. The monoisotopic (exact) mass is 252 g/mol. The molecule has 0 saturated heterocycles. The van der Waals surface area contributed by atoms with Gasteiger partial charge < -0.3 is 5.11 Å². The van der Waals surface area contributed by atoms with Crippen LogP contribution < -0.4 is 0 Å². The van der Waals surface area contributed by atoms with Crippen molar-refractivity contribution < 1.29 is 5.11 Å². The molecule has 2 rings (SSSR count). The maximum absolute atomic E-state index is 10.3. The summed E-state index contributed by atoms with van der Waals surface area (Å²) in [5.74, 6) is 0. The minimum atomic E-state index is -0.480. The van der Waals surface area contributed by atoms with Gasteiger partial charge in [0.25, 0.3) is 0 Å². The van der Waals surface area contributed by atoms with Crippen molar-refractivity contribution in [3.8, 4) is 0 Å². The summed E-state index contributed by atoms with van der Waals surface area (Å²) in [5.41, 5.74) is 3.06. The first-order valence-corrected chi connectivity index (χ1v) is 7.06. The van der Waals surface area contributed by atoms with Crippen LogP contribution in [0.15, 0.2) is 0 Å². The van der Waals surface area contributed by atoms with E-state index in [9.17, 15) is 5.11 Å². The summed E-state index contributed by atoms with van der Waals surface area (Å²) >= 11 is 0. The highest BCUT2D eigenvalue weighted by Gasteiger charge is 2.32. The van der Waals surface area contributed by atoms with Gasteiger partial charge in [-0.2, -0.15) is 5.10 Å². The van der Waals surface area contributed by atoms with Gasteiger partial charge >= 0.3 is 0 Å². The number of hydrogen-bond acceptors (Lipinski definition) is 2. The average molecular weight is 252 g/mol. The molecule has 3 heteroatoms. The Labute approximate surface area is 111 Å². The second kappa shape index (κ2) is 5.43. The van der Waals surface area contributed by atoms with E-state index >= 15 is 0 Å². The molecule has 1 N–H and O–H groups in total. The number of aliphatic hydroxyl groups is 1. The predicted octanol–water partition coefficient (Wildman–Crippen LogP) is 3.94. The van der Waals surface area contributed by atoms with Crippen LogP contribution in [0.3, 0.4) is 0 Å². The van der Waals surface area contributed by atoms with Crippen molar-refractivity contribution in [1.29, 1.82) is 0 Å². The van der Waals surface area contributed by atoms with Gasteiger partial charge in [0.15, 0.2) is 0 Å². The first-order chi connectivity index (χ1) is 8.32. The summed E-state index contributed by atoms with van der Waals surface area (Å²) in [5, 5.41) is 14.9. The van der Waals surface area contributed by atoms with Crippen molar-refractivity contribution >= 4 is 0 Å². The highest BCUT2D eigenvalue weighted by molar-refractivity contribution is 5.27. The fraction of sp³-hybridized carbons (Fsp3) is 0.800. The minimum absolute atomic E-state index is 0.153. The molecule has 1 aromatic rings. The molecule has 0 bridgehead atoms. The SMILES string of the molecule is CC.Cc1c(C(O)C(C)(C)C)nn(C2CC2)c1C. The molecule has 0 aromatic carbocycles. The summed E-state index contributed by atoms with van der Waals surface area (Å²) in [7, 11) is 0. The lowest BCUT2D eigenvalue weighted by Gasteiger charge is -2.24. The topological polar surface area (TPSA) is 38.1 Å². The van der Waals surface area contributed by atoms with E-state index in [1.54, 1.807) is 0 Å². The van der Waals surface area contributed by atoms with E-state index in [2.05, 4.69) is 23.6 Å². The molecule has 1 fully saturated rings. The first kappa shape index (κ1) is 15.2. The second-order valence-corrected chi connectivity index (χ2v) is 6.04. The zero-order valence-electron chi connectivity index (χ0n) is 12.9. The lowest BCUT2D eigenvalue weighted by molar-refractivity contribution is 0.0578. The molecule has 0 aliphatic heterocycles. The van der Waals surface area contributed by atoms with Gasteiger partial charge in [-0.25, -0.2) is 0 Å². The number of aliphatic hydroxyl groups excluding tert-OH is 1. The summed E-state index contributed by atoms with van der Waals surface area (Å²) < 4.78 is 2.10. The summed E-state index contributed by atoms with van der Waals surface area (Å²) in [6.07, 6.45) is 1.98. The summed E-state index contributed by atoms with van der Waals surface area (Å²) in [6.45, 7) is 14.3. The molecule has 18 heavy (non-hydrogen) atoms. The Balaban J connectivity index is 0.000000771. The molecule has 104 valence electrons. The number of nitrogens with zero attached hydrogens (tertiary/aromatic N) is 2. The van der Waals surface area contributed by atoms with E-state index < -0.39 is 6.10 Å². The third kappa shape index (κ3) is 2.94. The van der Waals surface area contributed by atoms with E-state index in [-0.39, 0.29) is 5.41 Å². The van der Waals surface area contributed by atoms with E-state index in [4.69, 9.17) is 0 Å². The molecule has 0 spiro atoms. The van der Waals surface area contributed by atoms with E-state index in [0.717, 1.165) is 11.3 Å². The van der Waals surface area contributed by atoms with Gasteiger partial charge in [-0.05, 0) is 37.7 Å². The lowest BCUT2D eigenvalue weighted by Crippen LogP contribution is -2.19. The number of aromatic nitrogens is 2. The molecule has 1 aliphatic carbocycles. The van der Waals surface area contributed by atoms with Crippen LogP contribution in [-0.4, -0.2) is 14.9 Å². The van der Waals surface area contributed by atoms with Gasteiger partial charge in [-0.1, -0.05) is 34.6 Å². The van der Waals surface area contributed by atoms with Crippen molar-refractivity contribution in [3.05, 3.63) is 17.0 Å². The van der Waals surface area contributed by atoms with Gasteiger partial charge in [-0.3, -0.25) is 4.68 Å². The van der Waals surface area contributed by atoms with Crippen molar-refractivity contribution in [2.24, 2.45) is 5.41 Å². The van der Waals surface area contributed by atoms with Gasteiger partial charge in [0.05, 0.1) is 11.7 Å². The van der Waals surface area contributed by atoms with E-state index in [1.165, 1.54) is 18.5 Å². The Morgan fingerprint density at radius 1 is 1.22 bits per heavy atom. The van der Waals surface area contributed by atoms with Crippen LogP contribution in [0.4, 0.5) is 0 Å². The Kier molecular flexibility index (Phi) is 4.60. The Bertz CT molecular complexity index is 397. The Hall–Kier alpha value is -0.830. The fourth-order valence-electron chi connectivity index (χ4n) is 1.97. The molecule has 1 atom stereocenters. The van der Waals surface area contributed by atoms with Crippen molar-refractivity contribution in [2.45, 2.75) is 73.5 Å². The van der Waals surface area contributed by atoms with Crippen molar-refractivity contribution in [3.63, 3.8) is 0 Å². The second-order valence-electron chi connectivity index (χ2n) is 6.04. The van der Waals surface area contributed by atoms with Crippen LogP contribution in [0, 0.1) is 19.3 Å². The van der Waals surface area contributed by atoms with Crippen molar-refractivity contribution in [1.82, 2.24) is 9.78 Å². The largest absolute Gasteiger partial charge is 0.386 e. The molecular weight excluding hydrogens is 224 g/mol. The van der Waals surface area contributed by atoms with Crippen LogP contribution >= 0.6 is 0 Å². The lowest BCUT2D eigenvalue weighted by atomic mass is 9.86. The molecule has 1 aromatic heterocycles. The number of hydrogen-bond donors (Lipinski definition) is 1. The van der Waals surface area contributed by atoms with Crippen LogP contribution in [0.5, 0.6) is 0 Å². The normalized spacial score (nSPS) is 17.1. The third-order valence-corrected chi connectivity index (χ3v) is 3.46. The van der Waals surface area contributed by atoms with Crippen LogP contribution in [0.2, 0.25) is 0 Å². The molecule has 3 nitrogen and oxygen atoms in total. The highest BCUT2D eigenvalue weighted by atomic mass is 16.3. The molecule has 1 heterocycles. The minimum Gasteiger partial charge on any atom is -0.386 e. The van der Waals surface area contributed by atoms with Gasteiger partial charge in [0.2, 0.25) is 0 Å². The Morgan fingerprint density at radius 3 is 2.11 bits per heavy atom. The highest BCUT2D eigenvalue weighted by Crippen LogP contribution is 2.39. The summed E-state index contributed by atoms with van der Waals surface area (Å²) in [4.78, 5) is 0. The quantitative estimate of drug-likeness (QED) is 0.865. The maximum Gasteiger partial charge on any atom is 0.103 e. The molecule has 0 amide bonds. The zero-order chi connectivity index (χ0) is 14.1.